The third-order valence-electron chi connectivity index (χ3n) is 5.80. The van der Waals surface area contributed by atoms with Crippen LogP contribution in [0.15, 0.2) is 65.7 Å². The van der Waals surface area contributed by atoms with Gasteiger partial charge in [-0.2, -0.15) is 0 Å². The highest BCUT2D eigenvalue weighted by Gasteiger charge is 2.56. The van der Waals surface area contributed by atoms with Crippen LogP contribution in [0.25, 0.3) is 22.6 Å². The van der Waals surface area contributed by atoms with E-state index < -0.39 is 24.4 Å². The summed E-state index contributed by atoms with van der Waals surface area (Å²) in [4.78, 5) is 17.8. The van der Waals surface area contributed by atoms with E-state index in [1.54, 1.807) is 36.4 Å². The lowest BCUT2D eigenvalue weighted by atomic mass is 9.77. The second-order valence-corrected chi connectivity index (χ2v) is 8.81. The molecule has 2 aromatic heterocycles. The van der Waals surface area contributed by atoms with Crippen LogP contribution in [0.3, 0.4) is 0 Å². The Hall–Kier alpha value is -3.43. The molecule has 1 aliphatic carbocycles. The number of nitrogens with zero attached hydrogens (tertiary/aromatic N) is 3. The van der Waals surface area contributed by atoms with E-state index in [-0.39, 0.29) is 23.8 Å². The number of aliphatic hydroxyl groups is 1. The minimum Gasteiger partial charge on any atom is -0.493 e. The fourth-order valence-corrected chi connectivity index (χ4v) is 4.30. The highest BCUT2D eigenvalue weighted by Crippen LogP contribution is 2.46. The van der Waals surface area contributed by atoms with Crippen molar-refractivity contribution in [3.05, 3.63) is 76.4 Å². The summed E-state index contributed by atoms with van der Waals surface area (Å²) in [5.74, 6) is -2.33. The predicted octanol–water partition coefficient (Wildman–Crippen LogP) is 4.35. The standard InChI is InChI=1S/C24H20ClF2N3O4/c1-33-20-10-17(6-8-19(20)34-13-23(32)11-24(26,27)12-23)29-14-28-21-9-7-18(30(21)22(29)31)15-2-4-16(25)5-3-15/h2-10,14,32H,11-13H2,1H3. The smallest absolute Gasteiger partial charge is 0.340 e. The first-order valence-electron chi connectivity index (χ1n) is 10.4. The molecule has 4 aromatic rings. The lowest BCUT2D eigenvalue weighted by Crippen LogP contribution is -2.55. The van der Waals surface area contributed by atoms with Crippen LogP contribution < -0.4 is 15.2 Å². The summed E-state index contributed by atoms with van der Waals surface area (Å²) >= 11 is 5.99. The Morgan fingerprint density at radius 2 is 1.82 bits per heavy atom. The summed E-state index contributed by atoms with van der Waals surface area (Å²) in [6.45, 7) is -0.292. The number of aromatic nitrogens is 3. The number of fused-ring (bicyclic) bond motifs is 1. The van der Waals surface area contributed by atoms with E-state index in [1.165, 1.54) is 22.4 Å². The number of halogens is 3. The van der Waals surface area contributed by atoms with Crippen molar-refractivity contribution in [2.45, 2.75) is 24.4 Å². The van der Waals surface area contributed by atoms with Crippen LogP contribution in [0.2, 0.25) is 5.02 Å². The second kappa shape index (κ2) is 8.11. The Morgan fingerprint density at radius 3 is 2.50 bits per heavy atom. The summed E-state index contributed by atoms with van der Waals surface area (Å²) in [7, 11) is 1.42. The van der Waals surface area contributed by atoms with Crippen molar-refractivity contribution in [2.75, 3.05) is 13.7 Å². The van der Waals surface area contributed by atoms with Gasteiger partial charge in [-0.05, 0) is 42.0 Å². The van der Waals surface area contributed by atoms with E-state index in [2.05, 4.69) is 4.98 Å². The van der Waals surface area contributed by atoms with Crippen molar-refractivity contribution in [2.24, 2.45) is 0 Å². The van der Waals surface area contributed by atoms with Gasteiger partial charge in [0.05, 0.1) is 18.5 Å². The van der Waals surface area contributed by atoms with E-state index >= 15 is 0 Å². The maximum atomic E-state index is 13.4. The first-order valence-corrected chi connectivity index (χ1v) is 10.8. The molecule has 0 saturated heterocycles. The van der Waals surface area contributed by atoms with Gasteiger partial charge < -0.3 is 14.6 Å². The van der Waals surface area contributed by atoms with Crippen molar-refractivity contribution in [3.63, 3.8) is 0 Å². The van der Waals surface area contributed by atoms with Crippen molar-refractivity contribution >= 4 is 17.2 Å². The number of benzene rings is 2. The summed E-state index contributed by atoms with van der Waals surface area (Å²) < 4.78 is 40.1. The molecule has 34 heavy (non-hydrogen) atoms. The average Bonchev–Trinajstić information content (AvgIpc) is 3.22. The predicted molar refractivity (Wildman–Crippen MR) is 122 cm³/mol. The zero-order valence-corrected chi connectivity index (χ0v) is 18.8. The Balaban J connectivity index is 1.47. The van der Waals surface area contributed by atoms with Gasteiger partial charge in [0.25, 0.3) is 5.92 Å². The van der Waals surface area contributed by atoms with E-state index in [0.29, 0.717) is 22.1 Å². The van der Waals surface area contributed by atoms with Gasteiger partial charge in [0.15, 0.2) is 11.5 Å². The molecular weight excluding hydrogens is 468 g/mol. The fourth-order valence-electron chi connectivity index (χ4n) is 4.18. The van der Waals surface area contributed by atoms with Gasteiger partial charge in [0.1, 0.15) is 24.2 Å². The van der Waals surface area contributed by atoms with Crippen LogP contribution in [0.1, 0.15) is 12.8 Å². The highest BCUT2D eigenvalue weighted by molar-refractivity contribution is 6.30. The summed E-state index contributed by atoms with van der Waals surface area (Å²) in [5, 5.41) is 10.7. The monoisotopic (exact) mass is 487 g/mol. The van der Waals surface area contributed by atoms with E-state index in [0.717, 1.165) is 5.56 Å². The molecule has 1 saturated carbocycles. The highest BCUT2D eigenvalue weighted by atomic mass is 35.5. The number of hydrogen-bond donors (Lipinski definition) is 1. The molecule has 176 valence electrons. The number of hydrogen-bond acceptors (Lipinski definition) is 5. The van der Waals surface area contributed by atoms with Crippen molar-refractivity contribution in [3.8, 4) is 28.4 Å². The largest absolute Gasteiger partial charge is 0.493 e. The SMILES string of the molecule is COc1cc(-n2cnc3ccc(-c4ccc(Cl)cc4)n3c2=O)ccc1OCC1(O)CC(F)(F)C1. The van der Waals surface area contributed by atoms with Crippen molar-refractivity contribution in [1.82, 2.24) is 14.0 Å². The Bertz CT molecular complexity index is 1420. The summed E-state index contributed by atoms with van der Waals surface area (Å²) in [6.07, 6.45) is 0.125. The third-order valence-corrected chi connectivity index (χ3v) is 6.05. The molecule has 2 heterocycles. The molecule has 2 aromatic carbocycles. The van der Waals surface area contributed by atoms with Crippen LogP contribution in [0.5, 0.6) is 11.5 Å². The number of alkyl halides is 2. The zero-order chi connectivity index (χ0) is 24.1. The Morgan fingerprint density at radius 1 is 1.09 bits per heavy atom. The van der Waals surface area contributed by atoms with Crippen molar-refractivity contribution in [1.29, 1.82) is 0 Å². The minimum absolute atomic E-state index is 0.264. The number of rotatable bonds is 6. The van der Waals surface area contributed by atoms with Crippen LogP contribution in [-0.4, -0.2) is 44.3 Å². The van der Waals surface area contributed by atoms with E-state index in [9.17, 15) is 18.7 Å². The molecule has 1 aliphatic rings. The maximum Gasteiger partial charge on any atom is 0.340 e. The second-order valence-electron chi connectivity index (χ2n) is 8.37. The Labute approximate surface area is 197 Å². The van der Waals surface area contributed by atoms with Gasteiger partial charge in [-0.1, -0.05) is 23.7 Å². The average molecular weight is 488 g/mol. The van der Waals surface area contributed by atoms with Gasteiger partial charge >= 0.3 is 5.69 Å². The molecule has 1 fully saturated rings. The third kappa shape index (κ3) is 4.01. The van der Waals surface area contributed by atoms with Crippen LogP contribution in [0.4, 0.5) is 8.78 Å². The molecule has 0 unspecified atom stereocenters. The van der Waals surface area contributed by atoms with E-state index in [1.807, 2.05) is 18.2 Å². The molecule has 0 aliphatic heterocycles. The molecule has 5 rings (SSSR count). The summed E-state index contributed by atoms with van der Waals surface area (Å²) in [5.41, 5.74) is 0.502. The van der Waals surface area contributed by atoms with E-state index in [4.69, 9.17) is 21.1 Å². The molecule has 0 radical (unpaired) electrons. The first kappa shape index (κ1) is 22.4. The number of ether oxygens (including phenoxy) is 2. The molecule has 10 heteroatoms. The molecule has 0 atom stereocenters. The lowest BCUT2D eigenvalue weighted by Gasteiger charge is -2.42. The molecule has 0 spiro atoms. The van der Waals surface area contributed by atoms with Crippen LogP contribution in [0, 0.1) is 0 Å². The molecule has 0 amide bonds. The van der Waals surface area contributed by atoms with Crippen molar-refractivity contribution < 1.29 is 23.4 Å². The topological polar surface area (TPSA) is 78.0 Å². The van der Waals surface area contributed by atoms with Crippen LogP contribution in [-0.2, 0) is 0 Å². The van der Waals surface area contributed by atoms with Crippen LogP contribution >= 0.6 is 11.6 Å². The normalized spacial score (nSPS) is 16.3. The number of methoxy groups -OCH3 is 1. The Kier molecular flexibility index (Phi) is 5.33. The zero-order valence-electron chi connectivity index (χ0n) is 18.0. The molecular formula is C24H20ClF2N3O4. The quantitative estimate of drug-likeness (QED) is 0.437. The van der Waals surface area contributed by atoms with Gasteiger partial charge in [0, 0.05) is 23.9 Å². The van der Waals surface area contributed by atoms with Gasteiger partial charge in [0.2, 0.25) is 0 Å². The first-order chi connectivity index (χ1) is 16.2. The van der Waals surface area contributed by atoms with Gasteiger partial charge in [-0.3, -0.25) is 4.57 Å². The van der Waals surface area contributed by atoms with Gasteiger partial charge in [-0.25, -0.2) is 23.0 Å². The lowest BCUT2D eigenvalue weighted by molar-refractivity contribution is -0.215. The molecule has 1 N–H and O–H groups in total. The van der Waals surface area contributed by atoms with Gasteiger partial charge in [-0.15, -0.1) is 0 Å². The maximum absolute atomic E-state index is 13.4. The fraction of sp³-hybridized carbons (Fsp3) is 0.250. The molecule has 0 bridgehead atoms. The molecule has 7 nitrogen and oxygen atoms in total. The summed E-state index contributed by atoms with van der Waals surface area (Å²) in [6, 6.07) is 15.5. The minimum atomic E-state index is -2.87.